The van der Waals surface area contributed by atoms with Gasteiger partial charge in [-0.15, -0.1) is 0 Å². The van der Waals surface area contributed by atoms with Crippen molar-refractivity contribution in [1.82, 2.24) is 10.2 Å². The van der Waals surface area contributed by atoms with Crippen LogP contribution in [0.5, 0.6) is 0 Å². The van der Waals surface area contributed by atoms with E-state index in [0.29, 0.717) is 0 Å². The third kappa shape index (κ3) is 2.48. The van der Waals surface area contributed by atoms with Gasteiger partial charge < -0.3 is 5.32 Å². The van der Waals surface area contributed by atoms with Gasteiger partial charge in [0, 0.05) is 44.2 Å². The van der Waals surface area contributed by atoms with E-state index < -0.39 is 0 Å². The highest BCUT2D eigenvalue weighted by molar-refractivity contribution is 7.99. The van der Waals surface area contributed by atoms with Crippen LogP contribution in [-0.4, -0.2) is 49.1 Å². The molecule has 2 nitrogen and oxygen atoms in total. The van der Waals surface area contributed by atoms with Gasteiger partial charge in [0.15, 0.2) is 0 Å². The molecule has 0 aromatic rings. The number of hydrogen-bond acceptors (Lipinski definition) is 3. The van der Waals surface area contributed by atoms with Crippen molar-refractivity contribution in [1.29, 1.82) is 0 Å². The molecule has 0 atom stereocenters. The Morgan fingerprint density at radius 2 is 2.08 bits per heavy atom. The van der Waals surface area contributed by atoms with E-state index in [4.69, 9.17) is 0 Å². The summed E-state index contributed by atoms with van der Waals surface area (Å²) in [6, 6.07) is 0. The molecule has 0 aromatic carbocycles. The molecule has 0 unspecified atom stereocenters. The molecule has 3 heteroatoms. The van der Waals surface area contributed by atoms with Crippen LogP contribution >= 0.6 is 11.8 Å². The molecule has 0 amide bonds. The van der Waals surface area contributed by atoms with E-state index >= 15 is 0 Å². The number of nitrogens with one attached hydrogen (secondary N) is 1. The molecule has 0 spiro atoms. The van der Waals surface area contributed by atoms with Gasteiger partial charge in [-0.3, -0.25) is 4.90 Å². The van der Waals surface area contributed by atoms with Crippen molar-refractivity contribution in [2.45, 2.75) is 6.92 Å². The minimum Gasteiger partial charge on any atom is -0.309 e. The number of rotatable bonds is 2. The van der Waals surface area contributed by atoms with Gasteiger partial charge in [-0.2, -0.15) is 11.8 Å². The molecule has 0 aromatic heterocycles. The van der Waals surface area contributed by atoms with E-state index in [0.717, 1.165) is 13.1 Å². The van der Waals surface area contributed by atoms with Crippen LogP contribution in [0.2, 0.25) is 0 Å². The fraction of sp³-hybridized carbons (Fsp3) is 0.800. The maximum atomic E-state index is 3.30. The van der Waals surface area contributed by atoms with Crippen molar-refractivity contribution in [2.75, 3.05) is 44.2 Å². The van der Waals surface area contributed by atoms with Crippen LogP contribution in [0.1, 0.15) is 6.92 Å². The monoisotopic (exact) mass is 198 g/mol. The predicted molar refractivity (Wildman–Crippen MR) is 59.3 cm³/mol. The zero-order valence-electron chi connectivity index (χ0n) is 8.31. The zero-order chi connectivity index (χ0) is 9.10. The summed E-state index contributed by atoms with van der Waals surface area (Å²) in [5, 5.41) is 3.30. The summed E-state index contributed by atoms with van der Waals surface area (Å²) in [7, 11) is 0. The Hall–Kier alpha value is 0.01000. The van der Waals surface area contributed by atoms with E-state index in [1.54, 1.807) is 11.1 Å². The van der Waals surface area contributed by atoms with E-state index in [-0.39, 0.29) is 0 Å². The largest absolute Gasteiger partial charge is 0.309 e. The van der Waals surface area contributed by atoms with Crippen LogP contribution in [0.3, 0.4) is 0 Å². The van der Waals surface area contributed by atoms with Gasteiger partial charge in [-0.1, -0.05) is 5.57 Å². The third-order valence-corrected chi connectivity index (χ3v) is 3.79. The van der Waals surface area contributed by atoms with Gasteiger partial charge in [-0.25, -0.2) is 0 Å². The second-order valence-corrected chi connectivity index (χ2v) is 5.10. The van der Waals surface area contributed by atoms with Crippen LogP contribution in [0, 0.1) is 0 Å². The van der Waals surface area contributed by atoms with Gasteiger partial charge >= 0.3 is 0 Å². The second kappa shape index (κ2) is 4.49. The van der Waals surface area contributed by atoms with E-state index in [1.807, 2.05) is 0 Å². The standard InChI is InChI=1S/C10H18N2S/c1-9(10-6-11-7-10)8-12-2-4-13-5-3-12/h11H,2-8H2,1H3. The predicted octanol–water partition coefficient (Wildman–Crippen LogP) is 0.955. The first kappa shape index (κ1) is 9.56. The van der Waals surface area contributed by atoms with Crippen LogP contribution in [0.4, 0.5) is 0 Å². The van der Waals surface area contributed by atoms with Crippen molar-refractivity contribution >= 4 is 11.8 Å². The Bertz CT molecular complexity index is 201. The minimum atomic E-state index is 1.13. The lowest BCUT2D eigenvalue weighted by molar-refractivity contribution is 0.326. The smallest absolute Gasteiger partial charge is 0.0194 e. The number of nitrogens with zero attached hydrogens (tertiary/aromatic N) is 1. The molecule has 74 valence electrons. The fourth-order valence-corrected chi connectivity index (χ4v) is 2.74. The van der Waals surface area contributed by atoms with Crippen LogP contribution in [0.25, 0.3) is 0 Å². The van der Waals surface area contributed by atoms with Crippen LogP contribution in [-0.2, 0) is 0 Å². The quantitative estimate of drug-likeness (QED) is 0.665. The maximum absolute atomic E-state index is 3.30. The lowest BCUT2D eigenvalue weighted by Crippen LogP contribution is -2.38. The average molecular weight is 198 g/mol. The minimum absolute atomic E-state index is 1.13. The topological polar surface area (TPSA) is 15.3 Å². The zero-order valence-corrected chi connectivity index (χ0v) is 9.12. The molecule has 2 fully saturated rings. The average Bonchev–Trinajstić information content (AvgIpc) is 2.02. The van der Waals surface area contributed by atoms with Crippen LogP contribution in [0.15, 0.2) is 11.1 Å². The SMILES string of the molecule is CC(CN1CCSCC1)=C1CNC1. The lowest BCUT2D eigenvalue weighted by Gasteiger charge is -2.29. The van der Waals surface area contributed by atoms with E-state index in [1.165, 1.54) is 31.1 Å². The second-order valence-electron chi connectivity index (χ2n) is 3.88. The molecule has 13 heavy (non-hydrogen) atoms. The maximum Gasteiger partial charge on any atom is 0.0194 e. The molecule has 0 bridgehead atoms. The summed E-state index contributed by atoms with van der Waals surface area (Å²) in [6.45, 7) is 8.32. The summed E-state index contributed by atoms with van der Waals surface area (Å²) in [6.07, 6.45) is 0. The Morgan fingerprint density at radius 3 is 2.62 bits per heavy atom. The lowest BCUT2D eigenvalue weighted by atomic mass is 10.0. The highest BCUT2D eigenvalue weighted by Gasteiger charge is 2.15. The van der Waals surface area contributed by atoms with Crippen molar-refractivity contribution in [3.8, 4) is 0 Å². The van der Waals surface area contributed by atoms with Crippen LogP contribution < -0.4 is 5.32 Å². The molecule has 0 radical (unpaired) electrons. The third-order valence-electron chi connectivity index (χ3n) is 2.84. The van der Waals surface area contributed by atoms with Gasteiger partial charge in [-0.05, 0) is 12.5 Å². The molecular weight excluding hydrogens is 180 g/mol. The van der Waals surface area contributed by atoms with Crippen molar-refractivity contribution in [2.24, 2.45) is 0 Å². The van der Waals surface area contributed by atoms with Gasteiger partial charge in [0.2, 0.25) is 0 Å². The Kier molecular flexibility index (Phi) is 3.30. The normalized spacial score (nSPS) is 24.2. The summed E-state index contributed by atoms with van der Waals surface area (Å²) < 4.78 is 0. The van der Waals surface area contributed by atoms with E-state index in [9.17, 15) is 0 Å². The highest BCUT2D eigenvalue weighted by Crippen LogP contribution is 2.14. The molecule has 2 heterocycles. The first-order chi connectivity index (χ1) is 6.36. The molecule has 0 aliphatic carbocycles. The summed E-state index contributed by atoms with van der Waals surface area (Å²) >= 11 is 2.08. The Labute approximate surface area is 84.8 Å². The first-order valence-electron chi connectivity index (χ1n) is 5.04. The molecule has 2 rings (SSSR count). The molecule has 0 saturated carbocycles. The molecular formula is C10H18N2S. The molecule has 2 aliphatic rings. The van der Waals surface area contributed by atoms with Gasteiger partial charge in [0.05, 0.1) is 0 Å². The van der Waals surface area contributed by atoms with Gasteiger partial charge in [0.1, 0.15) is 0 Å². The number of thioether (sulfide) groups is 1. The Morgan fingerprint density at radius 1 is 1.38 bits per heavy atom. The summed E-state index contributed by atoms with van der Waals surface area (Å²) in [5.74, 6) is 2.64. The van der Waals surface area contributed by atoms with E-state index in [2.05, 4.69) is 28.9 Å². The van der Waals surface area contributed by atoms with Gasteiger partial charge in [0.25, 0.3) is 0 Å². The highest BCUT2D eigenvalue weighted by atomic mass is 32.2. The number of hydrogen-bond donors (Lipinski definition) is 1. The fourth-order valence-electron chi connectivity index (χ4n) is 1.76. The van der Waals surface area contributed by atoms with Crippen molar-refractivity contribution < 1.29 is 0 Å². The van der Waals surface area contributed by atoms with Crippen molar-refractivity contribution in [3.05, 3.63) is 11.1 Å². The molecule has 2 aliphatic heterocycles. The molecule has 1 N–H and O–H groups in total. The summed E-state index contributed by atoms with van der Waals surface area (Å²) in [5.41, 5.74) is 3.24. The summed E-state index contributed by atoms with van der Waals surface area (Å²) in [4.78, 5) is 2.58. The molecule has 2 saturated heterocycles. The Balaban J connectivity index is 1.82. The van der Waals surface area contributed by atoms with Crippen molar-refractivity contribution in [3.63, 3.8) is 0 Å². The first-order valence-corrected chi connectivity index (χ1v) is 6.20.